The number of nitrogens with one attached hydrogen (secondary N) is 1. The van der Waals surface area contributed by atoms with E-state index in [2.05, 4.69) is 5.32 Å². The van der Waals surface area contributed by atoms with Crippen molar-refractivity contribution >= 4 is 5.97 Å². The Bertz CT molecular complexity index is 636. The van der Waals surface area contributed by atoms with E-state index in [1.807, 2.05) is 37.3 Å². The van der Waals surface area contributed by atoms with E-state index in [9.17, 15) is 20.1 Å². The van der Waals surface area contributed by atoms with Gasteiger partial charge in [0, 0.05) is 6.04 Å². The second-order valence-electron chi connectivity index (χ2n) is 6.64. The van der Waals surface area contributed by atoms with Crippen LogP contribution >= 0.6 is 0 Å². The zero-order valence-corrected chi connectivity index (χ0v) is 15.1. The summed E-state index contributed by atoms with van der Waals surface area (Å²) in [6.07, 6.45) is -3.19. The molecule has 1 unspecified atom stereocenters. The van der Waals surface area contributed by atoms with Crippen molar-refractivity contribution in [3.05, 3.63) is 47.7 Å². The molecule has 1 aromatic carbocycles. The van der Waals surface area contributed by atoms with Gasteiger partial charge in [0.25, 0.3) is 0 Å². The first-order valence-corrected chi connectivity index (χ1v) is 8.94. The third-order valence-electron chi connectivity index (χ3n) is 4.68. The van der Waals surface area contributed by atoms with E-state index in [1.54, 1.807) is 0 Å². The number of aliphatic hydroxyl groups excluding tert-OH is 4. The molecule has 8 heteroatoms. The van der Waals surface area contributed by atoms with E-state index in [4.69, 9.17) is 14.9 Å². The molecule has 1 aliphatic heterocycles. The Labute approximate surface area is 157 Å². The predicted molar refractivity (Wildman–Crippen MR) is 96.8 cm³/mol. The van der Waals surface area contributed by atoms with Crippen molar-refractivity contribution in [1.82, 2.24) is 5.32 Å². The van der Waals surface area contributed by atoms with Crippen molar-refractivity contribution < 1.29 is 35.1 Å². The number of ether oxygens (including phenoxy) is 1. The van der Waals surface area contributed by atoms with Crippen LogP contribution in [0.3, 0.4) is 0 Å². The predicted octanol–water partition coefficient (Wildman–Crippen LogP) is -0.592. The van der Waals surface area contributed by atoms with Gasteiger partial charge in [-0.1, -0.05) is 37.3 Å². The third-order valence-corrected chi connectivity index (χ3v) is 4.68. The Morgan fingerprint density at radius 3 is 2.48 bits per heavy atom. The van der Waals surface area contributed by atoms with E-state index in [0.29, 0.717) is 12.8 Å². The lowest BCUT2D eigenvalue weighted by atomic mass is 9.92. The van der Waals surface area contributed by atoms with Gasteiger partial charge in [-0.15, -0.1) is 0 Å². The molecule has 2 rings (SSSR count). The fourth-order valence-electron chi connectivity index (χ4n) is 3.13. The summed E-state index contributed by atoms with van der Waals surface area (Å²) in [7, 11) is 0. The first-order chi connectivity index (χ1) is 12.9. The summed E-state index contributed by atoms with van der Waals surface area (Å²) in [5, 5.41) is 52.0. The lowest BCUT2D eigenvalue weighted by Gasteiger charge is -2.40. The van der Waals surface area contributed by atoms with E-state index in [1.165, 1.54) is 0 Å². The molecule has 6 atom stereocenters. The van der Waals surface area contributed by atoms with Crippen LogP contribution in [0.5, 0.6) is 0 Å². The average molecular weight is 381 g/mol. The number of aliphatic hydroxyl groups is 4. The summed E-state index contributed by atoms with van der Waals surface area (Å²) in [4.78, 5) is 11.2. The van der Waals surface area contributed by atoms with E-state index in [0.717, 1.165) is 11.6 Å². The topological polar surface area (TPSA) is 139 Å². The van der Waals surface area contributed by atoms with Crippen LogP contribution in [0, 0.1) is 0 Å². The molecule has 0 aromatic heterocycles. The molecular formula is C19H27NO7. The highest BCUT2D eigenvalue weighted by atomic mass is 16.5. The van der Waals surface area contributed by atoms with Crippen molar-refractivity contribution in [2.45, 2.75) is 56.3 Å². The van der Waals surface area contributed by atoms with Gasteiger partial charge in [-0.25, -0.2) is 4.79 Å². The number of carbonyl (C=O) groups is 1. The van der Waals surface area contributed by atoms with Crippen LogP contribution in [0.15, 0.2) is 42.2 Å². The summed E-state index contributed by atoms with van der Waals surface area (Å²) < 4.78 is 5.33. The standard InChI is InChI=1S/C19H27NO7/c1-2-12(8-11-6-4-3-5-7-11)20-16-13(22)9-15(19(25)26)27-18(16)17(24)14(23)10-21/h3-7,9,12-14,16-18,20-24H,2,8,10H2,1H3,(H,25,26)/t12?,13-,14+,16+,17+,18+/m0/s1. The van der Waals surface area contributed by atoms with Crippen LogP contribution in [0.2, 0.25) is 0 Å². The monoisotopic (exact) mass is 381 g/mol. The van der Waals surface area contributed by atoms with Crippen LogP contribution in [0.1, 0.15) is 18.9 Å². The maximum atomic E-state index is 11.2. The lowest BCUT2D eigenvalue weighted by molar-refractivity contribution is -0.148. The van der Waals surface area contributed by atoms with Gasteiger partial charge in [-0.3, -0.25) is 0 Å². The van der Waals surface area contributed by atoms with Crippen molar-refractivity contribution in [3.8, 4) is 0 Å². The summed E-state index contributed by atoms with van der Waals surface area (Å²) in [6.45, 7) is 1.24. The summed E-state index contributed by atoms with van der Waals surface area (Å²) in [6, 6.07) is 8.76. The minimum absolute atomic E-state index is 0.0867. The van der Waals surface area contributed by atoms with Crippen LogP contribution in [-0.2, 0) is 16.0 Å². The van der Waals surface area contributed by atoms with Crippen LogP contribution < -0.4 is 5.32 Å². The minimum Gasteiger partial charge on any atom is -0.479 e. The highest BCUT2D eigenvalue weighted by Gasteiger charge is 2.43. The molecule has 0 saturated carbocycles. The molecule has 0 spiro atoms. The summed E-state index contributed by atoms with van der Waals surface area (Å²) >= 11 is 0. The number of carboxylic acid groups (broad SMARTS) is 1. The highest BCUT2D eigenvalue weighted by Crippen LogP contribution is 2.24. The quantitative estimate of drug-likeness (QED) is 0.334. The smallest absolute Gasteiger partial charge is 0.370 e. The Balaban J connectivity index is 2.21. The molecule has 8 nitrogen and oxygen atoms in total. The number of aliphatic carboxylic acids is 1. The molecule has 0 aliphatic carbocycles. The van der Waals surface area contributed by atoms with E-state index < -0.39 is 48.8 Å². The van der Waals surface area contributed by atoms with Crippen molar-refractivity contribution in [3.63, 3.8) is 0 Å². The number of carboxylic acids is 1. The molecular weight excluding hydrogens is 354 g/mol. The Morgan fingerprint density at radius 2 is 1.93 bits per heavy atom. The minimum atomic E-state index is -1.58. The SMILES string of the molecule is CCC(Cc1ccccc1)N[C@H]1[C@H]([C@H](O)[C@H](O)CO)OC(C(=O)O)=C[C@@H]1O. The molecule has 150 valence electrons. The molecule has 0 amide bonds. The van der Waals surface area contributed by atoms with Crippen molar-refractivity contribution in [2.24, 2.45) is 0 Å². The fourth-order valence-corrected chi connectivity index (χ4v) is 3.13. The first-order valence-electron chi connectivity index (χ1n) is 8.94. The molecule has 6 N–H and O–H groups in total. The zero-order valence-electron chi connectivity index (χ0n) is 15.1. The van der Waals surface area contributed by atoms with Gasteiger partial charge in [-0.2, -0.15) is 0 Å². The third kappa shape index (κ3) is 5.50. The maximum Gasteiger partial charge on any atom is 0.370 e. The number of hydrogen-bond donors (Lipinski definition) is 6. The van der Waals surface area contributed by atoms with Crippen LogP contribution in [0.4, 0.5) is 0 Å². The molecule has 0 saturated heterocycles. The van der Waals surface area contributed by atoms with Gasteiger partial charge in [0.15, 0.2) is 0 Å². The van der Waals surface area contributed by atoms with Crippen LogP contribution in [-0.4, -0.2) is 74.6 Å². The molecule has 27 heavy (non-hydrogen) atoms. The Kier molecular flexibility index (Phi) is 7.76. The molecule has 0 bridgehead atoms. The highest BCUT2D eigenvalue weighted by molar-refractivity contribution is 5.84. The second kappa shape index (κ2) is 9.82. The number of benzene rings is 1. The Morgan fingerprint density at radius 1 is 1.26 bits per heavy atom. The largest absolute Gasteiger partial charge is 0.479 e. The van der Waals surface area contributed by atoms with Crippen molar-refractivity contribution in [1.29, 1.82) is 0 Å². The fraction of sp³-hybridized carbons (Fsp3) is 0.526. The lowest BCUT2D eigenvalue weighted by Crippen LogP contribution is -2.61. The molecule has 1 aromatic rings. The van der Waals surface area contributed by atoms with Gasteiger partial charge in [0.05, 0.1) is 18.8 Å². The van der Waals surface area contributed by atoms with Gasteiger partial charge in [0.1, 0.15) is 18.3 Å². The Hall–Kier alpha value is -1.97. The maximum absolute atomic E-state index is 11.2. The van der Waals surface area contributed by atoms with Gasteiger partial charge >= 0.3 is 5.97 Å². The van der Waals surface area contributed by atoms with Crippen LogP contribution in [0.25, 0.3) is 0 Å². The first kappa shape index (κ1) is 21.3. The van der Waals surface area contributed by atoms with Gasteiger partial charge in [-0.05, 0) is 24.5 Å². The van der Waals surface area contributed by atoms with E-state index >= 15 is 0 Å². The molecule has 0 radical (unpaired) electrons. The van der Waals surface area contributed by atoms with Gasteiger partial charge < -0.3 is 35.6 Å². The second-order valence-corrected chi connectivity index (χ2v) is 6.64. The molecule has 0 fully saturated rings. The number of hydrogen-bond acceptors (Lipinski definition) is 7. The number of rotatable bonds is 9. The van der Waals surface area contributed by atoms with Crippen molar-refractivity contribution in [2.75, 3.05) is 6.61 Å². The van der Waals surface area contributed by atoms with Gasteiger partial charge in [0.2, 0.25) is 5.76 Å². The average Bonchev–Trinajstić information content (AvgIpc) is 2.67. The normalized spacial score (nSPS) is 25.8. The zero-order chi connectivity index (χ0) is 20.0. The molecule has 1 heterocycles. The van der Waals surface area contributed by atoms with E-state index in [-0.39, 0.29) is 6.04 Å². The summed E-state index contributed by atoms with van der Waals surface area (Å²) in [5.41, 5.74) is 1.08. The summed E-state index contributed by atoms with van der Waals surface area (Å²) in [5.74, 6) is -1.90. The molecule has 1 aliphatic rings.